The molecule has 1 atom stereocenters. The molecule has 0 aliphatic carbocycles. The maximum absolute atomic E-state index is 12.5. The second-order valence-corrected chi connectivity index (χ2v) is 6.98. The van der Waals surface area contributed by atoms with E-state index in [0.717, 1.165) is 25.1 Å². The largest absolute Gasteiger partial charge is 0.495 e. The monoisotopic (exact) mass is 290 g/mol. The molecule has 0 radical (unpaired) electrons. The van der Waals surface area contributed by atoms with Crippen LogP contribution < -0.4 is 15.4 Å². The number of hydrogen-bond donors (Lipinski definition) is 2. The van der Waals surface area contributed by atoms with Crippen LogP contribution in [0.15, 0.2) is 18.2 Å². The Bertz CT molecular complexity index is 526. The fourth-order valence-electron chi connectivity index (χ4n) is 2.62. The van der Waals surface area contributed by atoms with E-state index in [1.807, 2.05) is 25.1 Å². The average Bonchev–Trinajstić information content (AvgIpc) is 2.86. The number of carbonyl (C=O) groups excluding carboxylic acids is 1. The van der Waals surface area contributed by atoms with Crippen LogP contribution in [0.5, 0.6) is 5.75 Å². The summed E-state index contributed by atoms with van der Waals surface area (Å²) >= 11 is 0. The van der Waals surface area contributed by atoms with Gasteiger partial charge in [0.2, 0.25) is 5.91 Å². The quantitative estimate of drug-likeness (QED) is 0.899. The van der Waals surface area contributed by atoms with Gasteiger partial charge in [-0.15, -0.1) is 0 Å². The summed E-state index contributed by atoms with van der Waals surface area (Å²) in [5, 5.41) is 6.31. The summed E-state index contributed by atoms with van der Waals surface area (Å²) in [6, 6.07) is 5.97. The Hall–Kier alpha value is -1.55. The molecule has 0 saturated carbocycles. The number of benzene rings is 1. The van der Waals surface area contributed by atoms with Crippen LogP contribution in [-0.2, 0) is 10.2 Å². The van der Waals surface area contributed by atoms with E-state index in [1.54, 1.807) is 7.11 Å². The van der Waals surface area contributed by atoms with Crippen LogP contribution >= 0.6 is 0 Å². The van der Waals surface area contributed by atoms with Crippen molar-refractivity contribution in [2.45, 2.75) is 51.5 Å². The highest BCUT2D eigenvalue weighted by molar-refractivity contribution is 5.99. The minimum atomic E-state index is -0.483. The lowest BCUT2D eigenvalue weighted by Crippen LogP contribution is -2.48. The number of amides is 1. The highest BCUT2D eigenvalue weighted by Crippen LogP contribution is 2.32. The Morgan fingerprint density at radius 2 is 2.10 bits per heavy atom. The molecule has 21 heavy (non-hydrogen) atoms. The second kappa shape index (κ2) is 5.68. The molecule has 2 N–H and O–H groups in total. The van der Waals surface area contributed by atoms with Crippen molar-refractivity contribution in [3.63, 3.8) is 0 Å². The van der Waals surface area contributed by atoms with Gasteiger partial charge in [-0.2, -0.15) is 0 Å². The highest BCUT2D eigenvalue weighted by Gasteiger charge is 2.36. The van der Waals surface area contributed by atoms with Crippen LogP contribution in [0.25, 0.3) is 0 Å². The SMILES string of the molecule is COc1ccc(C(C)(C)C)cc1NC(=O)C1(C)CCCN1. The first-order chi connectivity index (χ1) is 9.76. The molecule has 0 bridgehead atoms. The summed E-state index contributed by atoms with van der Waals surface area (Å²) in [6.07, 6.45) is 1.89. The minimum absolute atomic E-state index is 0.00404. The summed E-state index contributed by atoms with van der Waals surface area (Å²) in [5.41, 5.74) is 1.46. The molecule has 1 fully saturated rings. The van der Waals surface area contributed by atoms with Gasteiger partial charge in [-0.3, -0.25) is 4.79 Å². The van der Waals surface area contributed by atoms with Crippen LogP contribution in [0, 0.1) is 0 Å². The number of ether oxygens (including phenoxy) is 1. The van der Waals surface area contributed by atoms with Crippen molar-refractivity contribution in [3.8, 4) is 5.75 Å². The van der Waals surface area contributed by atoms with Crippen LogP contribution in [-0.4, -0.2) is 25.1 Å². The van der Waals surface area contributed by atoms with Crippen molar-refractivity contribution in [2.75, 3.05) is 19.0 Å². The van der Waals surface area contributed by atoms with Gasteiger partial charge in [0.1, 0.15) is 5.75 Å². The molecule has 1 unspecified atom stereocenters. The van der Waals surface area contributed by atoms with Gasteiger partial charge in [0, 0.05) is 0 Å². The molecule has 4 nitrogen and oxygen atoms in total. The molecule has 0 spiro atoms. The van der Waals surface area contributed by atoms with Crippen molar-refractivity contribution in [1.82, 2.24) is 5.32 Å². The maximum Gasteiger partial charge on any atom is 0.244 e. The number of carbonyl (C=O) groups is 1. The zero-order valence-electron chi connectivity index (χ0n) is 13.7. The third kappa shape index (κ3) is 3.38. The van der Waals surface area contributed by atoms with Crippen molar-refractivity contribution in [3.05, 3.63) is 23.8 Å². The number of methoxy groups -OCH3 is 1. The Morgan fingerprint density at radius 1 is 1.38 bits per heavy atom. The van der Waals surface area contributed by atoms with Crippen LogP contribution in [0.1, 0.15) is 46.1 Å². The first-order valence-electron chi connectivity index (χ1n) is 7.51. The third-order valence-corrected chi connectivity index (χ3v) is 4.18. The molecular formula is C17H26N2O2. The lowest BCUT2D eigenvalue weighted by molar-refractivity contribution is -0.121. The molecule has 1 aromatic rings. The number of rotatable bonds is 3. The Kier molecular flexibility index (Phi) is 4.28. The van der Waals surface area contributed by atoms with Crippen LogP contribution in [0.4, 0.5) is 5.69 Å². The van der Waals surface area contributed by atoms with Gasteiger partial charge in [-0.05, 0) is 49.4 Å². The summed E-state index contributed by atoms with van der Waals surface area (Å²) in [7, 11) is 1.62. The van der Waals surface area contributed by atoms with Crippen molar-refractivity contribution in [1.29, 1.82) is 0 Å². The van der Waals surface area contributed by atoms with E-state index in [0.29, 0.717) is 5.75 Å². The minimum Gasteiger partial charge on any atom is -0.495 e. The first kappa shape index (κ1) is 15.8. The lowest BCUT2D eigenvalue weighted by Gasteiger charge is -2.25. The Balaban J connectivity index is 2.27. The molecule has 4 heteroatoms. The van der Waals surface area contributed by atoms with Gasteiger partial charge in [-0.1, -0.05) is 26.8 Å². The molecule has 1 aromatic carbocycles. The summed E-state index contributed by atoms with van der Waals surface area (Å²) in [5.74, 6) is 0.697. The van der Waals surface area contributed by atoms with E-state index in [4.69, 9.17) is 4.74 Å². The predicted octanol–water partition coefficient (Wildman–Crippen LogP) is 3.07. The molecular weight excluding hydrogens is 264 g/mol. The van der Waals surface area contributed by atoms with Crippen LogP contribution in [0.3, 0.4) is 0 Å². The summed E-state index contributed by atoms with van der Waals surface area (Å²) in [6.45, 7) is 9.30. The second-order valence-electron chi connectivity index (χ2n) is 6.98. The first-order valence-corrected chi connectivity index (χ1v) is 7.51. The van der Waals surface area contributed by atoms with Gasteiger partial charge in [0.15, 0.2) is 0 Å². The van der Waals surface area contributed by atoms with Gasteiger partial charge < -0.3 is 15.4 Å². The third-order valence-electron chi connectivity index (χ3n) is 4.18. The van der Waals surface area contributed by atoms with Gasteiger partial charge >= 0.3 is 0 Å². The van der Waals surface area contributed by atoms with Crippen molar-refractivity contribution < 1.29 is 9.53 Å². The molecule has 1 amide bonds. The average molecular weight is 290 g/mol. The molecule has 1 saturated heterocycles. The molecule has 1 heterocycles. The van der Waals surface area contributed by atoms with Gasteiger partial charge in [-0.25, -0.2) is 0 Å². The molecule has 1 aliphatic heterocycles. The van der Waals surface area contributed by atoms with Gasteiger partial charge in [0.25, 0.3) is 0 Å². The fraction of sp³-hybridized carbons (Fsp3) is 0.588. The molecule has 1 aliphatic rings. The van der Waals surface area contributed by atoms with Crippen molar-refractivity contribution >= 4 is 11.6 Å². The normalized spacial score (nSPS) is 22.1. The summed E-state index contributed by atoms with van der Waals surface area (Å²) < 4.78 is 5.37. The smallest absolute Gasteiger partial charge is 0.244 e. The zero-order chi connectivity index (χ0) is 15.7. The number of nitrogens with one attached hydrogen (secondary N) is 2. The summed E-state index contributed by atoms with van der Waals surface area (Å²) in [4.78, 5) is 12.5. The fourth-order valence-corrected chi connectivity index (χ4v) is 2.62. The standard InChI is InChI=1S/C17H26N2O2/c1-16(2,3)12-7-8-14(21-5)13(11-12)19-15(20)17(4)9-6-10-18-17/h7-8,11,18H,6,9-10H2,1-5H3,(H,19,20). The zero-order valence-corrected chi connectivity index (χ0v) is 13.7. The van der Waals surface area contributed by atoms with E-state index in [2.05, 4.69) is 31.4 Å². The predicted molar refractivity (Wildman–Crippen MR) is 86.0 cm³/mol. The van der Waals surface area contributed by atoms with E-state index in [1.165, 1.54) is 5.56 Å². The van der Waals surface area contributed by atoms with E-state index >= 15 is 0 Å². The number of hydrogen-bond acceptors (Lipinski definition) is 3. The van der Waals surface area contributed by atoms with Crippen LogP contribution in [0.2, 0.25) is 0 Å². The van der Waals surface area contributed by atoms with E-state index < -0.39 is 5.54 Å². The topological polar surface area (TPSA) is 50.4 Å². The number of anilines is 1. The molecule has 0 aromatic heterocycles. The molecule has 2 rings (SSSR count). The molecule has 116 valence electrons. The van der Waals surface area contributed by atoms with Crippen molar-refractivity contribution in [2.24, 2.45) is 0 Å². The van der Waals surface area contributed by atoms with E-state index in [9.17, 15) is 4.79 Å². The lowest BCUT2D eigenvalue weighted by atomic mass is 9.86. The Labute approximate surface area is 127 Å². The van der Waals surface area contributed by atoms with Gasteiger partial charge in [0.05, 0.1) is 18.3 Å². The maximum atomic E-state index is 12.5. The van der Waals surface area contributed by atoms with E-state index in [-0.39, 0.29) is 11.3 Å². The highest BCUT2D eigenvalue weighted by atomic mass is 16.5. The Morgan fingerprint density at radius 3 is 2.62 bits per heavy atom.